The summed E-state index contributed by atoms with van der Waals surface area (Å²) in [5.74, 6) is -0.765. The first-order valence-corrected chi connectivity index (χ1v) is 13.8. The molecule has 2 N–H and O–H groups in total. The first-order valence-electron chi connectivity index (χ1n) is 13.8. The van der Waals surface area contributed by atoms with Gasteiger partial charge in [0.15, 0.2) is 0 Å². The van der Waals surface area contributed by atoms with Gasteiger partial charge in [0.25, 0.3) is 5.91 Å². The zero-order valence-electron chi connectivity index (χ0n) is 21.7. The summed E-state index contributed by atoms with van der Waals surface area (Å²) in [6.07, 6.45) is 8.64. The number of carbonyl (C=O) groups is 2. The number of nitrogens with zero attached hydrogens (tertiary/aromatic N) is 2. The maximum Gasteiger partial charge on any atom is 0.251 e. The lowest BCUT2D eigenvalue weighted by Crippen LogP contribution is -2.31. The van der Waals surface area contributed by atoms with Crippen LogP contribution in [0.4, 0.5) is 11.4 Å². The Morgan fingerprint density at radius 1 is 0.974 bits per heavy atom. The van der Waals surface area contributed by atoms with Crippen LogP contribution in [0.15, 0.2) is 71.7 Å². The van der Waals surface area contributed by atoms with Crippen LogP contribution >= 0.6 is 0 Å². The Bertz CT molecular complexity index is 1360. The number of rotatable bonds is 6. The molecule has 3 aromatic carbocycles. The van der Waals surface area contributed by atoms with Gasteiger partial charge in [0.2, 0.25) is 5.91 Å². The first kappa shape index (κ1) is 24.6. The van der Waals surface area contributed by atoms with Gasteiger partial charge in [0.1, 0.15) is 5.92 Å². The predicted octanol–water partition coefficient (Wildman–Crippen LogP) is 5.92. The second-order valence-corrected chi connectivity index (χ2v) is 10.7. The number of piperidine rings is 1. The molecule has 0 radical (unpaired) electrons. The third kappa shape index (κ3) is 5.27. The number of carbonyl (C=O) groups excluding carboxylic acids is 2. The minimum atomic E-state index is -0.527. The molecule has 194 valence electrons. The number of likely N-dealkylation sites (tertiary alicyclic amines) is 1. The second kappa shape index (κ2) is 10.9. The predicted molar refractivity (Wildman–Crippen MR) is 151 cm³/mol. The Kier molecular flexibility index (Phi) is 7.06. The molecule has 3 aliphatic rings. The fraction of sp³-hybridized carbons (Fsp3) is 0.344. The molecule has 0 aromatic heterocycles. The van der Waals surface area contributed by atoms with Crippen LogP contribution in [0.1, 0.15) is 76.7 Å². The molecular formula is C32H34N4O2. The van der Waals surface area contributed by atoms with Crippen molar-refractivity contribution in [1.82, 2.24) is 10.2 Å². The lowest BCUT2D eigenvalue weighted by Gasteiger charge is -2.26. The van der Waals surface area contributed by atoms with Gasteiger partial charge in [-0.2, -0.15) is 0 Å². The summed E-state index contributed by atoms with van der Waals surface area (Å²) in [7, 11) is 0. The zero-order chi connectivity index (χ0) is 25.9. The maximum absolute atomic E-state index is 13.2. The Balaban J connectivity index is 1.14. The van der Waals surface area contributed by atoms with Crippen LogP contribution in [-0.4, -0.2) is 36.0 Å². The molecule has 0 bridgehead atoms. The number of amides is 2. The molecule has 2 amide bonds. The number of anilines is 1. The molecule has 0 saturated carbocycles. The van der Waals surface area contributed by atoms with Gasteiger partial charge in [-0.3, -0.25) is 19.5 Å². The number of aliphatic imine (C=N–C) groups is 1. The molecule has 1 aliphatic carbocycles. The van der Waals surface area contributed by atoms with E-state index >= 15 is 0 Å². The molecule has 1 saturated heterocycles. The molecule has 6 nitrogen and oxygen atoms in total. The number of hydrogen-bond acceptors (Lipinski definition) is 4. The van der Waals surface area contributed by atoms with E-state index in [2.05, 4.69) is 50.9 Å². The average Bonchev–Trinajstić information content (AvgIpc) is 3.27. The van der Waals surface area contributed by atoms with Crippen molar-refractivity contribution in [1.29, 1.82) is 0 Å². The molecule has 1 fully saturated rings. The van der Waals surface area contributed by atoms with Crippen molar-refractivity contribution in [3.8, 4) is 0 Å². The Morgan fingerprint density at radius 2 is 1.79 bits per heavy atom. The molecule has 2 heterocycles. The van der Waals surface area contributed by atoms with Crippen molar-refractivity contribution < 1.29 is 9.59 Å². The van der Waals surface area contributed by atoms with Gasteiger partial charge in [0.05, 0.1) is 11.7 Å². The monoisotopic (exact) mass is 506 g/mol. The van der Waals surface area contributed by atoms with Crippen molar-refractivity contribution in [2.45, 2.75) is 57.0 Å². The van der Waals surface area contributed by atoms with Crippen molar-refractivity contribution in [2.24, 2.45) is 4.99 Å². The number of aryl methyl sites for hydroxylation is 1. The molecule has 6 rings (SSSR count). The summed E-state index contributed by atoms with van der Waals surface area (Å²) >= 11 is 0. The van der Waals surface area contributed by atoms with Gasteiger partial charge in [-0.25, -0.2) is 0 Å². The van der Waals surface area contributed by atoms with Crippen LogP contribution in [0.2, 0.25) is 0 Å². The van der Waals surface area contributed by atoms with Crippen LogP contribution in [0, 0.1) is 0 Å². The van der Waals surface area contributed by atoms with Crippen molar-refractivity contribution in [3.63, 3.8) is 0 Å². The fourth-order valence-corrected chi connectivity index (χ4v) is 5.94. The van der Waals surface area contributed by atoms with Crippen molar-refractivity contribution in [2.75, 3.05) is 18.4 Å². The van der Waals surface area contributed by atoms with Crippen LogP contribution in [-0.2, 0) is 17.8 Å². The van der Waals surface area contributed by atoms with Crippen molar-refractivity contribution >= 4 is 29.4 Å². The van der Waals surface area contributed by atoms with Crippen LogP contribution in [0.25, 0.3) is 0 Å². The summed E-state index contributed by atoms with van der Waals surface area (Å²) in [5, 5.41) is 6.15. The SMILES string of the molecule is O=C(NC1CCCc2ccccc21)c1ccc2c(c1)C(C=Nc1ccc(CN3CCCCC3)cc1)C(=O)N2. The van der Waals surface area contributed by atoms with Gasteiger partial charge < -0.3 is 10.6 Å². The highest BCUT2D eigenvalue weighted by atomic mass is 16.2. The summed E-state index contributed by atoms with van der Waals surface area (Å²) in [4.78, 5) is 33.1. The number of nitrogens with one attached hydrogen (secondary N) is 2. The summed E-state index contributed by atoms with van der Waals surface area (Å²) in [5.41, 5.74) is 6.70. The van der Waals surface area contributed by atoms with Crippen LogP contribution in [0.5, 0.6) is 0 Å². The molecule has 2 unspecified atom stereocenters. The Morgan fingerprint density at radius 3 is 2.63 bits per heavy atom. The molecular weight excluding hydrogens is 472 g/mol. The fourth-order valence-electron chi connectivity index (χ4n) is 5.94. The molecule has 2 atom stereocenters. The van der Waals surface area contributed by atoms with Gasteiger partial charge in [-0.05, 0) is 97.8 Å². The van der Waals surface area contributed by atoms with E-state index in [1.807, 2.05) is 30.3 Å². The smallest absolute Gasteiger partial charge is 0.251 e. The van der Waals surface area contributed by atoms with Crippen LogP contribution < -0.4 is 10.6 Å². The largest absolute Gasteiger partial charge is 0.345 e. The lowest BCUT2D eigenvalue weighted by molar-refractivity contribution is -0.115. The molecule has 3 aromatic rings. The van der Waals surface area contributed by atoms with E-state index < -0.39 is 5.92 Å². The topological polar surface area (TPSA) is 73.8 Å². The Hall–Kier alpha value is -3.77. The molecule has 38 heavy (non-hydrogen) atoms. The standard InChI is InChI=1S/C32H34N4O2/c37-31(34-29-10-6-8-23-7-2-3-9-26(23)29)24-13-16-30-27(19-24)28(32(38)35-30)20-33-25-14-11-22(12-15-25)21-36-17-4-1-5-18-36/h2-3,7,9,11-16,19-20,28-29H,1,4-6,8,10,17-18,21H2,(H,34,37)(H,35,38). The lowest BCUT2D eigenvalue weighted by atomic mass is 9.87. The first-order chi connectivity index (χ1) is 18.6. The van der Waals surface area contributed by atoms with E-state index in [-0.39, 0.29) is 17.9 Å². The highest BCUT2D eigenvalue weighted by Gasteiger charge is 2.30. The minimum absolute atomic E-state index is 0.00991. The van der Waals surface area contributed by atoms with E-state index in [4.69, 9.17) is 0 Å². The minimum Gasteiger partial charge on any atom is -0.345 e. The van der Waals surface area contributed by atoms with E-state index in [0.29, 0.717) is 5.56 Å². The second-order valence-electron chi connectivity index (χ2n) is 10.7. The molecule has 2 aliphatic heterocycles. The van der Waals surface area contributed by atoms with Crippen molar-refractivity contribution in [3.05, 3.63) is 94.5 Å². The number of hydrogen-bond donors (Lipinski definition) is 2. The van der Waals surface area contributed by atoms with E-state index in [0.717, 1.165) is 42.7 Å². The quantitative estimate of drug-likeness (QED) is 0.408. The van der Waals surface area contributed by atoms with E-state index in [1.54, 1.807) is 12.3 Å². The molecule has 0 spiro atoms. The third-order valence-corrected chi connectivity index (χ3v) is 8.03. The van der Waals surface area contributed by atoms with Crippen LogP contribution in [0.3, 0.4) is 0 Å². The maximum atomic E-state index is 13.2. The summed E-state index contributed by atoms with van der Waals surface area (Å²) in [6, 6.07) is 22.0. The average molecular weight is 507 g/mol. The number of benzene rings is 3. The highest BCUT2D eigenvalue weighted by molar-refractivity contribution is 6.13. The van der Waals surface area contributed by atoms with Gasteiger partial charge in [0, 0.05) is 24.0 Å². The van der Waals surface area contributed by atoms with E-state index in [9.17, 15) is 9.59 Å². The van der Waals surface area contributed by atoms with Gasteiger partial charge >= 0.3 is 0 Å². The summed E-state index contributed by atoms with van der Waals surface area (Å²) in [6.45, 7) is 3.31. The van der Waals surface area contributed by atoms with Gasteiger partial charge in [-0.15, -0.1) is 0 Å². The number of fused-ring (bicyclic) bond motifs is 2. The zero-order valence-corrected chi connectivity index (χ0v) is 21.7. The highest BCUT2D eigenvalue weighted by Crippen LogP contribution is 2.34. The van der Waals surface area contributed by atoms with Gasteiger partial charge in [-0.1, -0.05) is 42.8 Å². The summed E-state index contributed by atoms with van der Waals surface area (Å²) < 4.78 is 0. The molecule has 6 heteroatoms. The third-order valence-electron chi connectivity index (χ3n) is 8.03. The Labute approximate surface area is 224 Å². The normalized spacial score (nSPS) is 21.1. The van der Waals surface area contributed by atoms with E-state index in [1.165, 1.54) is 49.0 Å².